The fourth-order valence-electron chi connectivity index (χ4n) is 3.68. The summed E-state index contributed by atoms with van der Waals surface area (Å²) < 4.78 is 0. The Kier molecular flexibility index (Phi) is 9.28. The number of nitrogens with zero attached hydrogens (tertiary/aromatic N) is 2. The smallest absolute Gasteiger partial charge is 0.309 e. The summed E-state index contributed by atoms with van der Waals surface area (Å²) in [4.78, 5) is 39.8. The third-order valence-electron chi connectivity index (χ3n) is 5.15. The number of hydrazone groups is 1. The van der Waals surface area contributed by atoms with Crippen molar-refractivity contribution >= 4 is 34.5 Å². The first-order valence-corrected chi connectivity index (χ1v) is 11.5. The van der Waals surface area contributed by atoms with Gasteiger partial charge in [0.15, 0.2) is 5.17 Å². The van der Waals surface area contributed by atoms with Gasteiger partial charge in [0.2, 0.25) is 11.7 Å². The molecular weight excluding hydrogens is 376 g/mol. The van der Waals surface area contributed by atoms with E-state index in [-0.39, 0.29) is 17.7 Å². The van der Waals surface area contributed by atoms with Crippen molar-refractivity contribution in [1.82, 2.24) is 15.6 Å². The molecule has 1 aliphatic carbocycles. The summed E-state index contributed by atoms with van der Waals surface area (Å²) >= 11 is 1.57. The summed E-state index contributed by atoms with van der Waals surface area (Å²) in [5.41, 5.74) is 2.40. The van der Waals surface area contributed by atoms with Crippen molar-refractivity contribution in [3.8, 4) is 0 Å². The van der Waals surface area contributed by atoms with Crippen LogP contribution in [0.15, 0.2) is 5.10 Å². The number of thioether (sulfide) groups is 1. The van der Waals surface area contributed by atoms with Gasteiger partial charge in [0, 0.05) is 24.8 Å². The van der Waals surface area contributed by atoms with Crippen LogP contribution in [-0.2, 0) is 14.4 Å². The number of ketones is 1. The quantitative estimate of drug-likeness (QED) is 0.450. The average molecular weight is 411 g/mol. The Morgan fingerprint density at radius 2 is 1.93 bits per heavy atom. The highest BCUT2D eigenvalue weighted by Gasteiger charge is 2.31. The van der Waals surface area contributed by atoms with Crippen molar-refractivity contribution in [1.29, 1.82) is 0 Å². The van der Waals surface area contributed by atoms with E-state index in [1.807, 2.05) is 13.8 Å². The molecule has 0 spiro atoms. The molecule has 1 aliphatic heterocycles. The first-order chi connectivity index (χ1) is 13.4. The van der Waals surface area contributed by atoms with Crippen LogP contribution < -0.4 is 10.7 Å². The molecule has 2 rings (SSSR count). The van der Waals surface area contributed by atoms with Crippen molar-refractivity contribution in [2.24, 2.45) is 16.9 Å². The van der Waals surface area contributed by atoms with E-state index in [2.05, 4.69) is 27.7 Å². The highest BCUT2D eigenvalue weighted by molar-refractivity contribution is 8.14. The van der Waals surface area contributed by atoms with Gasteiger partial charge < -0.3 is 10.2 Å². The number of carbonyl (C=O) groups is 3. The van der Waals surface area contributed by atoms with E-state index < -0.39 is 17.7 Å². The lowest BCUT2D eigenvalue weighted by Crippen LogP contribution is -2.49. The van der Waals surface area contributed by atoms with E-state index in [1.54, 1.807) is 11.8 Å². The van der Waals surface area contributed by atoms with Crippen LogP contribution in [0.5, 0.6) is 0 Å². The predicted molar refractivity (Wildman–Crippen MR) is 113 cm³/mol. The third kappa shape index (κ3) is 6.79. The molecule has 1 atom stereocenters. The molecule has 0 aromatic heterocycles. The van der Waals surface area contributed by atoms with Crippen LogP contribution in [-0.4, -0.2) is 52.5 Å². The van der Waals surface area contributed by atoms with Crippen molar-refractivity contribution in [3.63, 3.8) is 0 Å². The maximum atomic E-state index is 12.7. The van der Waals surface area contributed by atoms with Gasteiger partial charge in [-0.1, -0.05) is 51.8 Å². The minimum Gasteiger partial charge on any atom is -0.349 e. The normalized spacial score (nSPS) is 20.4. The van der Waals surface area contributed by atoms with Gasteiger partial charge in [-0.25, -0.2) is 5.43 Å². The molecule has 1 saturated carbocycles. The molecule has 0 aromatic rings. The second-order valence-corrected chi connectivity index (χ2v) is 9.12. The molecule has 0 aromatic carbocycles. The number of hydrogen-bond acceptors (Lipinski definition) is 5. The zero-order valence-corrected chi connectivity index (χ0v) is 18.1. The Hall–Kier alpha value is -1.57. The molecule has 2 aliphatic rings. The van der Waals surface area contributed by atoms with Crippen LogP contribution >= 0.6 is 11.8 Å². The molecule has 1 saturated heterocycles. The Morgan fingerprint density at radius 1 is 1.21 bits per heavy atom. The van der Waals surface area contributed by atoms with Crippen LogP contribution in [0.4, 0.5) is 0 Å². The maximum absolute atomic E-state index is 12.7. The van der Waals surface area contributed by atoms with Crippen molar-refractivity contribution < 1.29 is 14.4 Å². The number of carbonyl (C=O) groups excluding carboxylic acids is 3. The van der Waals surface area contributed by atoms with E-state index in [0.717, 1.165) is 62.5 Å². The SMILES string of the molecule is CCCN1CCSC1=NNC(=O)C(=O)[C@H](CC(C)C)NC(=O)C1CCCCC1. The summed E-state index contributed by atoms with van der Waals surface area (Å²) in [5.74, 6) is -0.408. The fourth-order valence-corrected chi connectivity index (χ4v) is 4.65. The Bertz CT molecular complexity index is 588. The topological polar surface area (TPSA) is 90.9 Å². The summed E-state index contributed by atoms with van der Waals surface area (Å²) in [6.45, 7) is 7.82. The van der Waals surface area contributed by atoms with E-state index in [1.165, 1.54) is 0 Å². The lowest BCUT2D eigenvalue weighted by molar-refractivity contribution is -0.140. The van der Waals surface area contributed by atoms with Gasteiger partial charge in [-0.05, 0) is 31.6 Å². The van der Waals surface area contributed by atoms with Gasteiger partial charge in [0.1, 0.15) is 0 Å². The van der Waals surface area contributed by atoms with Crippen LogP contribution in [0.3, 0.4) is 0 Å². The van der Waals surface area contributed by atoms with Crippen LogP contribution in [0, 0.1) is 11.8 Å². The largest absolute Gasteiger partial charge is 0.349 e. The van der Waals surface area contributed by atoms with Crippen LogP contribution in [0.2, 0.25) is 0 Å². The van der Waals surface area contributed by atoms with E-state index in [9.17, 15) is 14.4 Å². The number of Topliss-reactive ketones (excluding diaryl/α,β-unsaturated/α-hetero) is 1. The van der Waals surface area contributed by atoms with Crippen molar-refractivity contribution in [3.05, 3.63) is 0 Å². The molecule has 158 valence electrons. The fraction of sp³-hybridized carbons (Fsp3) is 0.800. The summed E-state index contributed by atoms with van der Waals surface area (Å²) in [7, 11) is 0. The van der Waals surface area contributed by atoms with E-state index >= 15 is 0 Å². The van der Waals surface area contributed by atoms with Gasteiger partial charge in [-0.15, -0.1) is 5.10 Å². The number of nitrogens with one attached hydrogen (secondary N) is 2. The monoisotopic (exact) mass is 410 g/mol. The second-order valence-electron chi connectivity index (χ2n) is 8.06. The highest BCUT2D eigenvalue weighted by atomic mass is 32.2. The minimum absolute atomic E-state index is 0.0444. The lowest BCUT2D eigenvalue weighted by Gasteiger charge is -2.25. The van der Waals surface area contributed by atoms with Gasteiger partial charge in [0.05, 0.1) is 6.04 Å². The molecule has 8 heteroatoms. The van der Waals surface area contributed by atoms with Gasteiger partial charge in [-0.3, -0.25) is 14.4 Å². The van der Waals surface area contributed by atoms with Crippen molar-refractivity contribution in [2.75, 3.05) is 18.8 Å². The van der Waals surface area contributed by atoms with Crippen LogP contribution in [0.1, 0.15) is 65.7 Å². The number of hydrogen-bond donors (Lipinski definition) is 2. The summed E-state index contributed by atoms with van der Waals surface area (Å²) in [6, 6.07) is -0.794. The third-order valence-corrected chi connectivity index (χ3v) is 6.14. The minimum atomic E-state index is -0.794. The van der Waals surface area contributed by atoms with Crippen molar-refractivity contribution in [2.45, 2.75) is 71.8 Å². The molecule has 2 amide bonds. The van der Waals surface area contributed by atoms with Gasteiger partial charge in [0.25, 0.3) is 0 Å². The average Bonchev–Trinajstić information content (AvgIpc) is 3.12. The number of rotatable bonds is 9. The molecule has 0 bridgehead atoms. The Morgan fingerprint density at radius 3 is 2.57 bits per heavy atom. The predicted octanol–water partition coefficient (Wildman–Crippen LogP) is 2.51. The molecule has 0 radical (unpaired) electrons. The molecular formula is C20H34N4O3S. The lowest BCUT2D eigenvalue weighted by atomic mass is 9.88. The van der Waals surface area contributed by atoms with Gasteiger partial charge >= 0.3 is 5.91 Å². The first-order valence-electron chi connectivity index (χ1n) is 10.5. The van der Waals surface area contributed by atoms with Crippen LogP contribution in [0.25, 0.3) is 0 Å². The van der Waals surface area contributed by atoms with E-state index in [0.29, 0.717) is 6.42 Å². The highest BCUT2D eigenvalue weighted by Crippen LogP contribution is 2.24. The van der Waals surface area contributed by atoms with Gasteiger partial charge in [-0.2, -0.15) is 0 Å². The Labute approximate surface area is 172 Å². The molecule has 2 N–H and O–H groups in total. The summed E-state index contributed by atoms with van der Waals surface area (Å²) in [5, 5.41) is 7.73. The Balaban J connectivity index is 1.96. The zero-order valence-electron chi connectivity index (χ0n) is 17.3. The zero-order chi connectivity index (χ0) is 20.5. The molecule has 2 fully saturated rings. The molecule has 7 nitrogen and oxygen atoms in total. The molecule has 1 heterocycles. The molecule has 0 unspecified atom stereocenters. The van der Waals surface area contributed by atoms with E-state index in [4.69, 9.17) is 0 Å². The summed E-state index contributed by atoms with van der Waals surface area (Å²) in [6.07, 6.45) is 6.41. The maximum Gasteiger partial charge on any atom is 0.309 e. The standard InChI is InChI=1S/C20H34N4O3S/c1-4-10-24-11-12-28-20(24)23-22-19(27)17(25)16(13-14(2)3)21-18(26)15-8-6-5-7-9-15/h14-16H,4-13H2,1-3H3,(H,21,26)(H,22,27)/t16-/m0/s1. The number of amides is 2. The second kappa shape index (κ2) is 11.4. The number of amidine groups is 1. The first kappa shape index (κ1) is 22.7. The molecule has 28 heavy (non-hydrogen) atoms.